The van der Waals surface area contributed by atoms with Crippen molar-refractivity contribution < 1.29 is 8.78 Å². The third-order valence-electron chi connectivity index (χ3n) is 3.26. The summed E-state index contributed by atoms with van der Waals surface area (Å²) in [4.78, 5) is 1.87. The molecule has 20 heavy (non-hydrogen) atoms. The van der Waals surface area contributed by atoms with Crippen molar-refractivity contribution in [3.63, 3.8) is 0 Å². The zero-order valence-corrected chi connectivity index (χ0v) is 11.6. The summed E-state index contributed by atoms with van der Waals surface area (Å²) in [7, 11) is 1.84. The summed E-state index contributed by atoms with van der Waals surface area (Å²) < 4.78 is 27.0. The number of benzene rings is 2. The van der Waals surface area contributed by atoms with Crippen LogP contribution in [-0.4, -0.2) is 7.05 Å². The number of anilines is 1. The quantitative estimate of drug-likeness (QED) is 0.924. The van der Waals surface area contributed by atoms with Crippen LogP contribution in [0.25, 0.3) is 0 Å². The molecule has 106 valence electrons. The van der Waals surface area contributed by atoms with Crippen LogP contribution in [0, 0.1) is 11.6 Å². The van der Waals surface area contributed by atoms with Crippen LogP contribution in [0.2, 0.25) is 0 Å². The molecule has 0 saturated carbocycles. The molecule has 0 spiro atoms. The van der Waals surface area contributed by atoms with Gasteiger partial charge in [-0.3, -0.25) is 0 Å². The minimum absolute atomic E-state index is 0.246. The minimum atomic E-state index is -0.319. The van der Waals surface area contributed by atoms with Crippen LogP contribution in [0.3, 0.4) is 0 Å². The molecule has 0 bridgehead atoms. The number of rotatable bonds is 4. The lowest BCUT2D eigenvalue weighted by Crippen LogP contribution is -2.21. The summed E-state index contributed by atoms with van der Waals surface area (Å²) in [6.45, 7) is 2.20. The zero-order chi connectivity index (χ0) is 14.7. The Labute approximate surface area is 117 Å². The molecule has 0 aliphatic carbocycles. The first-order chi connectivity index (χ1) is 9.49. The monoisotopic (exact) mass is 276 g/mol. The van der Waals surface area contributed by atoms with Gasteiger partial charge in [0, 0.05) is 30.9 Å². The summed E-state index contributed by atoms with van der Waals surface area (Å²) in [6.07, 6.45) is 0. The average molecular weight is 276 g/mol. The van der Waals surface area contributed by atoms with E-state index < -0.39 is 0 Å². The van der Waals surface area contributed by atoms with E-state index in [0.29, 0.717) is 17.7 Å². The molecule has 0 aromatic heterocycles. The topological polar surface area (TPSA) is 29.3 Å². The minimum Gasteiger partial charge on any atom is -0.370 e. The highest BCUT2D eigenvalue weighted by molar-refractivity contribution is 5.55. The van der Waals surface area contributed by atoms with Crippen LogP contribution in [0.4, 0.5) is 14.5 Å². The molecule has 0 fully saturated rings. The molecule has 2 aromatic rings. The number of nitrogens with zero attached hydrogens (tertiary/aromatic N) is 1. The van der Waals surface area contributed by atoms with Crippen molar-refractivity contribution in [2.24, 2.45) is 5.73 Å². The lowest BCUT2D eigenvalue weighted by molar-refractivity contribution is 0.606. The molecular formula is C16H18F2N2. The number of hydrogen-bond donors (Lipinski definition) is 1. The molecule has 2 N–H and O–H groups in total. The van der Waals surface area contributed by atoms with E-state index in [1.807, 2.05) is 11.9 Å². The van der Waals surface area contributed by atoms with Crippen LogP contribution in [0.5, 0.6) is 0 Å². The van der Waals surface area contributed by atoms with Gasteiger partial charge in [0.15, 0.2) is 0 Å². The molecular weight excluding hydrogens is 258 g/mol. The van der Waals surface area contributed by atoms with Gasteiger partial charge in [0.2, 0.25) is 0 Å². The van der Waals surface area contributed by atoms with Gasteiger partial charge in [-0.2, -0.15) is 0 Å². The van der Waals surface area contributed by atoms with E-state index in [2.05, 4.69) is 0 Å². The lowest BCUT2D eigenvalue weighted by atomic mass is 10.1. The van der Waals surface area contributed by atoms with E-state index in [1.54, 1.807) is 31.2 Å². The third-order valence-corrected chi connectivity index (χ3v) is 3.26. The summed E-state index contributed by atoms with van der Waals surface area (Å²) in [6, 6.07) is 10.8. The first-order valence-electron chi connectivity index (χ1n) is 6.48. The van der Waals surface area contributed by atoms with Crippen LogP contribution in [0.1, 0.15) is 24.1 Å². The third kappa shape index (κ3) is 3.14. The fourth-order valence-corrected chi connectivity index (χ4v) is 2.21. The molecule has 0 aliphatic heterocycles. The van der Waals surface area contributed by atoms with Crippen molar-refractivity contribution in [2.75, 3.05) is 11.9 Å². The normalized spacial score (nSPS) is 12.2. The smallest absolute Gasteiger partial charge is 0.128 e. The number of nitrogens with two attached hydrogens (primary N) is 1. The van der Waals surface area contributed by atoms with E-state index in [4.69, 9.17) is 5.73 Å². The highest BCUT2D eigenvalue weighted by atomic mass is 19.1. The number of halogens is 2. The Balaban J connectivity index is 2.30. The predicted molar refractivity (Wildman–Crippen MR) is 77.5 cm³/mol. The van der Waals surface area contributed by atoms with E-state index in [1.165, 1.54) is 18.2 Å². The van der Waals surface area contributed by atoms with Crippen LogP contribution >= 0.6 is 0 Å². The Kier molecular flexibility index (Phi) is 4.35. The van der Waals surface area contributed by atoms with Gasteiger partial charge in [0.25, 0.3) is 0 Å². The molecule has 2 nitrogen and oxygen atoms in total. The summed E-state index contributed by atoms with van der Waals surface area (Å²) >= 11 is 0. The molecule has 0 saturated heterocycles. The Bertz CT molecular complexity index is 597. The molecule has 1 atom stereocenters. The van der Waals surface area contributed by atoms with Crippen LogP contribution in [0.15, 0.2) is 42.5 Å². The molecule has 0 aliphatic rings. The highest BCUT2D eigenvalue weighted by Crippen LogP contribution is 2.26. The summed E-state index contributed by atoms with van der Waals surface area (Å²) in [5, 5.41) is 0. The standard InChI is InChI=1S/C16H18F2N2/c1-11(19)14-9-13(17)7-8-16(14)20(2)10-12-5-3-4-6-15(12)18/h3-9,11H,10,19H2,1-2H3. The van der Waals surface area contributed by atoms with Gasteiger partial charge < -0.3 is 10.6 Å². The van der Waals surface area contributed by atoms with E-state index in [0.717, 1.165) is 5.69 Å². The van der Waals surface area contributed by atoms with Crippen LogP contribution in [-0.2, 0) is 6.54 Å². The largest absolute Gasteiger partial charge is 0.370 e. The fraction of sp³-hybridized carbons (Fsp3) is 0.250. The Hall–Kier alpha value is -1.94. The van der Waals surface area contributed by atoms with Crippen molar-refractivity contribution in [1.29, 1.82) is 0 Å². The zero-order valence-electron chi connectivity index (χ0n) is 11.6. The lowest BCUT2D eigenvalue weighted by Gasteiger charge is -2.24. The first-order valence-corrected chi connectivity index (χ1v) is 6.48. The fourth-order valence-electron chi connectivity index (χ4n) is 2.21. The van der Waals surface area contributed by atoms with Gasteiger partial charge in [-0.05, 0) is 36.8 Å². The molecule has 4 heteroatoms. The van der Waals surface area contributed by atoms with Crippen molar-refractivity contribution >= 4 is 5.69 Å². The predicted octanol–water partition coefficient (Wildman–Crippen LogP) is 3.62. The second kappa shape index (κ2) is 6.01. The summed E-state index contributed by atoms with van der Waals surface area (Å²) in [5.41, 5.74) is 7.99. The molecule has 0 radical (unpaired) electrons. The molecule has 2 aromatic carbocycles. The number of hydrogen-bond acceptors (Lipinski definition) is 2. The second-order valence-electron chi connectivity index (χ2n) is 4.94. The van der Waals surface area contributed by atoms with Gasteiger partial charge >= 0.3 is 0 Å². The Morgan fingerprint density at radius 2 is 1.85 bits per heavy atom. The first kappa shape index (κ1) is 14.5. The van der Waals surface area contributed by atoms with E-state index in [-0.39, 0.29) is 17.7 Å². The molecule has 0 heterocycles. The molecule has 2 rings (SSSR count). The SMILES string of the molecule is CC(N)c1cc(F)ccc1N(C)Cc1ccccc1F. The van der Waals surface area contributed by atoms with Crippen molar-refractivity contribution in [1.82, 2.24) is 0 Å². The van der Waals surface area contributed by atoms with Gasteiger partial charge in [0.1, 0.15) is 11.6 Å². The molecule has 1 unspecified atom stereocenters. The van der Waals surface area contributed by atoms with Gasteiger partial charge in [0.05, 0.1) is 0 Å². The Morgan fingerprint density at radius 3 is 2.50 bits per heavy atom. The van der Waals surface area contributed by atoms with Crippen molar-refractivity contribution in [3.05, 3.63) is 65.2 Å². The second-order valence-corrected chi connectivity index (χ2v) is 4.94. The maximum absolute atomic E-state index is 13.7. The molecule has 0 amide bonds. The highest BCUT2D eigenvalue weighted by Gasteiger charge is 2.13. The van der Waals surface area contributed by atoms with Gasteiger partial charge in [-0.25, -0.2) is 8.78 Å². The maximum atomic E-state index is 13.7. The van der Waals surface area contributed by atoms with Gasteiger partial charge in [-0.1, -0.05) is 18.2 Å². The van der Waals surface area contributed by atoms with Crippen molar-refractivity contribution in [2.45, 2.75) is 19.5 Å². The van der Waals surface area contributed by atoms with E-state index >= 15 is 0 Å². The summed E-state index contributed by atoms with van der Waals surface area (Å²) in [5.74, 6) is -0.566. The average Bonchev–Trinajstić information content (AvgIpc) is 2.41. The van der Waals surface area contributed by atoms with Crippen molar-refractivity contribution in [3.8, 4) is 0 Å². The van der Waals surface area contributed by atoms with Gasteiger partial charge in [-0.15, -0.1) is 0 Å². The van der Waals surface area contributed by atoms with E-state index in [9.17, 15) is 8.78 Å². The van der Waals surface area contributed by atoms with Crippen LogP contribution < -0.4 is 10.6 Å². The maximum Gasteiger partial charge on any atom is 0.128 e. The Morgan fingerprint density at radius 1 is 1.15 bits per heavy atom.